The molecule has 2 amide bonds. The third-order valence-corrected chi connectivity index (χ3v) is 5.35. The van der Waals surface area contributed by atoms with Crippen LogP contribution in [0.4, 0.5) is 0 Å². The van der Waals surface area contributed by atoms with Gasteiger partial charge in [0.15, 0.2) is 0 Å². The molecular weight excluding hydrogens is 266 g/mol. The van der Waals surface area contributed by atoms with Gasteiger partial charge in [-0.15, -0.1) is 0 Å². The molecule has 3 atom stereocenters. The molecule has 0 bridgehead atoms. The summed E-state index contributed by atoms with van der Waals surface area (Å²) in [6, 6.07) is 0.380. The number of carbonyl (C=O) groups excluding carboxylic acids is 2. The average molecular weight is 291 g/mol. The van der Waals surface area contributed by atoms with Gasteiger partial charge < -0.3 is 4.90 Å². The molecule has 5 heteroatoms. The Morgan fingerprint density at radius 2 is 1.95 bits per heavy atom. The van der Waals surface area contributed by atoms with E-state index in [0.717, 1.165) is 13.0 Å². The maximum absolute atomic E-state index is 12.9. The lowest BCUT2D eigenvalue weighted by Crippen LogP contribution is -2.55. The quantitative estimate of drug-likeness (QED) is 0.742. The molecule has 2 aliphatic heterocycles. The maximum Gasteiger partial charge on any atom is 0.270 e. The van der Waals surface area contributed by atoms with E-state index in [4.69, 9.17) is 0 Å². The standard InChI is InChI=1S/C16H25N3O2/c1-11-5-3-6-12-7-4-10-19(15(11)12)16(21)13-8-9-14(20)18(2)17-13/h11-12,15H,3-10H2,1-2H3/t11-,12+,15-/m1/s1. The molecule has 1 aliphatic carbocycles. The van der Waals surface area contributed by atoms with E-state index in [1.165, 1.54) is 30.7 Å². The third kappa shape index (κ3) is 2.70. The number of amides is 2. The number of hydrogen-bond acceptors (Lipinski definition) is 3. The molecule has 0 radical (unpaired) electrons. The highest BCUT2D eigenvalue weighted by molar-refractivity contribution is 6.39. The molecule has 0 aromatic carbocycles. The summed E-state index contributed by atoms with van der Waals surface area (Å²) in [7, 11) is 1.64. The first kappa shape index (κ1) is 14.5. The zero-order chi connectivity index (χ0) is 15.0. The smallest absolute Gasteiger partial charge is 0.270 e. The molecule has 3 rings (SSSR count). The van der Waals surface area contributed by atoms with Gasteiger partial charge in [0, 0.05) is 32.5 Å². The van der Waals surface area contributed by atoms with Crippen LogP contribution in [0, 0.1) is 11.8 Å². The van der Waals surface area contributed by atoms with Crippen molar-refractivity contribution in [1.82, 2.24) is 9.91 Å². The molecule has 116 valence electrons. The Hall–Kier alpha value is -1.39. The van der Waals surface area contributed by atoms with E-state index < -0.39 is 0 Å². The molecule has 1 saturated heterocycles. The molecule has 1 saturated carbocycles. The monoisotopic (exact) mass is 291 g/mol. The predicted octanol–water partition coefficient (Wildman–Crippen LogP) is 2.02. The second kappa shape index (κ2) is 5.78. The molecule has 0 aromatic rings. The zero-order valence-electron chi connectivity index (χ0n) is 13.0. The van der Waals surface area contributed by atoms with Crippen molar-refractivity contribution in [3.05, 3.63) is 0 Å². The fourth-order valence-corrected chi connectivity index (χ4v) is 4.28. The minimum Gasteiger partial charge on any atom is -0.334 e. The summed E-state index contributed by atoms with van der Waals surface area (Å²) in [5.74, 6) is 1.30. The van der Waals surface area contributed by atoms with Crippen LogP contribution in [0.3, 0.4) is 0 Å². The van der Waals surface area contributed by atoms with Crippen LogP contribution >= 0.6 is 0 Å². The van der Waals surface area contributed by atoms with E-state index in [-0.39, 0.29) is 11.8 Å². The molecule has 3 aliphatic rings. The maximum atomic E-state index is 12.9. The van der Waals surface area contributed by atoms with Crippen molar-refractivity contribution in [2.24, 2.45) is 16.9 Å². The van der Waals surface area contributed by atoms with Crippen molar-refractivity contribution in [3.8, 4) is 0 Å². The van der Waals surface area contributed by atoms with Gasteiger partial charge in [-0.2, -0.15) is 5.10 Å². The molecule has 2 heterocycles. The minimum atomic E-state index is -0.00546. The molecule has 5 nitrogen and oxygen atoms in total. The normalized spacial score (nSPS) is 33.5. The lowest BCUT2D eigenvalue weighted by atomic mass is 9.73. The van der Waals surface area contributed by atoms with Crippen LogP contribution in [0.25, 0.3) is 0 Å². The van der Waals surface area contributed by atoms with Crippen LogP contribution in [0.15, 0.2) is 5.10 Å². The highest BCUT2D eigenvalue weighted by Gasteiger charge is 2.41. The van der Waals surface area contributed by atoms with Gasteiger partial charge in [0.25, 0.3) is 5.91 Å². The first-order chi connectivity index (χ1) is 10.1. The first-order valence-corrected chi connectivity index (χ1v) is 8.23. The lowest BCUT2D eigenvalue weighted by molar-refractivity contribution is -0.133. The Kier molecular flexibility index (Phi) is 4.00. The van der Waals surface area contributed by atoms with Gasteiger partial charge in [-0.25, -0.2) is 5.01 Å². The predicted molar refractivity (Wildman–Crippen MR) is 80.7 cm³/mol. The van der Waals surface area contributed by atoms with Crippen molar-refractivity contribution in [2.45, 2.75) is 57.9 Å². The molecular formula is C16H25N3O2. The van der Waals surface area contributed by atoms with Crippen LogP contribution in [-0.4, -0.2) is 47.1 Å². The highest BCUT2D eigenvalue weighted by Crippen LogP contribution is 2.38. The zero-order valence-corrected chi connectivity index (χ0v) is 13.0. The highest BCUT2D eigenvalue weighted by atomic mass is 16.2. The van der Waals surface area contributed by atoms with Crippen LogP contribution in [0.2, 0.25) is 0 Å². The number of fused-ring (bicyclic) bond motifs is 1. The number of likely N-dealkylation sites (tertiary alicyclic amines) is 1. The molecule has 21 heavy (non-hydrogen) atoms. The molecule has 0 N–H and O–H groups in total. The number of hydrogen-bond donors (Lipinski definition) is 0. The summed E-state index contributed by atoms with van der Waals surface area (Å²) in [5, 5.41) is 5.53. The molecule has 0 aromatic heterocycles. The van der Waals surface area contributed by atoms with Gasteiger partial charge in [-0.1, -0.05) is 13.3 Å². The number of hydrazone groups is 1. The van der Waals surface area contributed by atoms with E-state index in [1.807, 2.05) is 0 Å². The Morgan fingerprint density at radius 3 is 2.71 bits per heavy atom. The van der Waals surface area contributed by atoms with Gasteiger partial charge in [0.1, 0.15) is 5.71 Å². The van der Waals surface area contributed by atoms with Crippen molar-refractivity contribution >= 4 is 17.5 Å². The van der Waals surface area contributed by atoms with Crippen molar-refractivity contribution in [2.75, 3.05) is 13.6 Å². The van der Waals surface area contributed by atoms with Crippen molar-refractivity contribution in [1.29, 1.82) is 0 Å². The van der Waals surface area contributed by atoms with Gasteiger partial charge in [0.2, 0.25) is 5.91 Å². The summed E-state index contributed by atoms with van der Waals surface area (Å²) in [4.78, 5) is 26.4. The summed E-state index contributed by atoms with van der Waals surface area (Å²) >= 11 is 0. The van der Waals surface area contributed by atoms with E-state index in [1.54, 1.807) is 7.05 Å². The van der Waals surface area contributed by atoms with Gasteiger partial charge in [-0.3, -0.25) is 9.59 Å². The van der Waals surface area contributed by atoms with E-state index in [2.05, 4.69) is 16.9 Å². The second-order valence-electron chi connectivity index (χ2n) is 6.76. The SMILES string of the molecule is C[C@@H]1CCC[C@H]2CCCN(C(=O)C3=NN(C)C(=O)CC3)[C@@H]21. The second-order valence-corrected chi connectivity index (χ2v) is 6.76. The Balaban J connectivity index is 1.80. The van der Waals surface area contributed by atoms with E-state index in [9.17, 15) is 9.59 Å². The van der Waals surface area contributed by atoms with Crippen molar-refractivity contribution in [3.63, 3.8) is 0 Å². The Bertz CT molecular complexity index is 472. The molecule has 2 fully saturated rings. The summed E-state index contributed by atoms with van der Waals surface area (Å²) < 4.78 is 0. The van der Waals surface area contributed by atoms with Gasteiger partial charge in [-0.05, 0) is 37.5 Å². The fraction of sp³-hybridized carbons (Fsp3) is 0.812. The number of nitrogens with zero attached hydrogens (tertiary/aromatic N) is 3. The lowest BCUT2D eigenvalue weighted by Gasteiger charge is -2.47. The Labute approximate surface area is 126 Å². The van der Waals surface area contributed by atoms with Crippen LogP contribution in [-0.2, 0) is 9.59 Å². The summed E-state index contributed by atoms with van der Waals surface area (Å²) in [6.45, 7) is 3.13. The van der Waals surface area contributed by atoms with Gasteiger partial charge >= 0.3 is 0 Å². The molecule has 0 spiro atoms. The number of rotatable bonds is 1. The summed E-state index contributed by atoms with van der Waals surface area (Å²) in [6.07, 6.45) is 7.01. The van der Waals surface area contributed by atoms with E-state index >= 15 is 0 Å². The van der Waals surface area contributed by atoms with Crippen LogP contribution < -0.4 is 0 Å². The van der Waals surface area contributed by atoms with Crippen LogP contribution in [0.1, 0.15) is 51.9 Å². The topological polar surface area (TPSA) is 53.0 Å². The average Bonchev–Trinajstić information content (AvgIpc) is 2.49. The first-order valence-electron chi connectivity index (χ1n) is 8.23. The van der Waals surface area contributed by atoms with Crippen molar-refractivity contribution < 1.29 is 9.59 Å². The largest absolute Gasteiger partial charge is 0.334 e. The Morgan fingerprint density at radius 1 is 1.19 bits per heavy atom. The summed E-state index contributed by atoms with van der Waals surface area (Å²) in [5.41, 5.74) is 0.565. The minimum absolute atomic E-state index is 0.00546. The molecule has 0 unspecified atom stereocenters. The number of piperidine rings is 1. The fourth-order valence-electron chi connectivity index (χ4n) is 4.28. The van der Waals surface area contributed by atoms with Crippen LogP contribution in [0.5, 0.6) is 0 Å². The third-order valence-electron chi connectivity index (χ3n) is 5.35. The number of carbonyl (C=O) groups is 2. The van der Waals surface area contributed by atoms with E-state index in [0.29, 0.717) is 36.4 Å². The van der Waals surface area contributed by atoms with Gasteiger partial charge in [0.05, 0.1) is 0 Å².